The normalized spacial score (nSPS) is 42.1. The third kappa shape index (κ3) is 8.24. The van der Waals surface area contributed by atoms with E-state index in [-0.39, 0.29) is 23.3 Å². The first-order valence-electron chi connectivity index (χ1n) is 18.5. The molecule has 8 N–H and O–H groups in total. The number of hydrogen-bond donors (Lipinski definition) is 8. The van der Waals surface area contributed by atoms with Crippen molar-refractivity contribution in [2.45, 2.75) is 93.1 Å². The summed E-state index contributed by atoms with van der Waals surface area (Å²) in [6.07, 6.45) is -16.2. The molecule has 3 fully saturated rings. The second-order valence-corrected chi connectivity index (χ2v) is 15.4. The Bertz CT molecular complexity index is 1760. The van der Waals surface area contributed by atoms with Gasteiger partial charge >= 0.3 is 23.2 Å². The largest absolute Gasteiger partial charge is 0.471 e. The van der Waals surface area contributed by atoms with Crippen LogP contribution in [0.15, 0.2) is 47.0 Å². The lowest BCUT2D eigenvalue weighted by atomic mass is 9.82. The monoisotopic (exact) mass is 860 g/mol. The lowest BCUT2D eigenvalue weighted by Gasteiger charge is -2.44. The Balaban J connectivity index is 1.14. The lowest BCUT2D eigenvalue weighted by molar-refractivity contribution is -0.342. The second-order valence-electron chi connectivity index (χ2n) is 14.7. The van der Waals surface area contributed by atoms with Crippen LogP contribution in [0.1, 0.15) is 6.92 Å². The molecule has 0 saturated carbocycles. The van der Waals surface area contributed by atoms with E-state index in [9.17, 15) is 60.0 Å². The van der Waals surface area contributed by atoms with E-state index < -0.39 is 153 Å². The van der Waals surface area contributed by atoms with Crippen molar-refractivity contribution in [3.8, 4) is 0 Å². The number of aliphatic hydroxyl groups excluding tert-OH is 8. The highest BCUT2D eigenvalue weighted by atomic mass is 32.2. The Hall–Kier alpha value is -3.69. The minimum absolute atomic E-state index is 0.184. The molecule has 22 nitrogen and oxygen atoms in total. The topological polar surface area (TPSA) is 322 Å². The summed E-state index contributed by atoms with van der Waals surface area (Å²) in [6, 6.07) is 0. The molecule has 7 aliphatic rings. The van der Waals surface area contributed by atoms with E-state index in [0.29, 0.717) is 5.57 Å². The lowest BCUT2D eigenvalue weighted by Crippen LogP contribution is -2.61. The fraction of sp³-hybridized carbons (Fsp3) is 0.667. The fourth-order valence-corrected chi connectivity index (χ4v) is 8.46. The summed E-state index contributed by atoms with van der Waals surface area (Å²) in [4.78, 5) is 50.4. The van der Waals surface area contributed by atoms with E-state index in [1.54, 1.807) is 6.08 Å². The molecule has 2 aliphatic carbocycles. The molecular formula is C36H44O22S. The number of fused-ring (bicyclic) bond motifs is 1. The summed E-state index contributed by atoms with van der Waals surface area (Å²) in [6.45, 7) is -1.04. The van der Waals surface area contributed by atoms with Crippen LogP contribution in [0, 0.1) is 23.7 Å². The summed E-state index contributed by atoms with van der Waals surface area (Å²) in [5.74, 6) is -6.41. The van der Waals surface area contributed by atoms with Crippen LogP contribution in [0.5, 0.6) is 0 Å². The summed E-state index contributed by atoms with van der Waals surface area (Å²) in [7, 11) is 0. The van der Waals surface area contributed by atoms with Crippen molar-refractivity contribution in [3.05, 3.63) is 47.0 Å². The molecule has 0 aromatic rings. The first kappa shape index (κ1) is 43.4. The van der Waals surface area contributed by atoms with Crippen molar-refractivity contribution < 1.29 is 107 Å². The smallest absolute Gasteiger partial charge is 0.367 e. The molecule has 59 heavy (non-hydrogen) atoms. The Labute approximate surface area is 338 Å². The molecule has 0 bridgehead atoms. The van der Waals surface area contributed by atoms with Gasteiger partial charge < -0.3 is 88.2 Å². The molecule has 23 heteroatoms. The Morgan fingerprint density at radius 1 is 0.712 bits per heavy atom. The van der Waals surface area contributed by atoms with Crippen molar-refractivity contribution in [1.29, 1.82) is 0 Å². The maximum Gasteiger partial charge on any atom is 0.367 e. The molecular weight excluding hydrogens is 816 g/mol. The Morgan fingerprint density at radius 2 is 1.31 bits per heavy atom. The molecule has 3 saturated heterocycles. The predicted octanol–water partition coefficient (Wildman–Crippen LogP) is -3.66. The quantitative estimate of drug-likeness (QED) is 0.0533. The number of aliphatic hydroxyl groups is 8. The third-order valence-corrected chi connectivity index (χ3v) is 11.7. The van der Waals surface area contributed by atoms with Crippen LogP contribution < -0.4 is 0 Å². The van der Waals surface area contributed by atoms with E-state index in [1.165, 1.54) is 19.3 Å². The Morgan fingerprint density at radius 3 is 1.97 bits per heavy atom. The van der Waals surface area contributed by atoms with Gasteiger partial charge in [-0.05, 0) is 35.2 Å². The highest BCUT2D eigenvalue weighted by molar-refractivity contribution is 8.12. The van der Waals surface area contributed by atoms with E-state index in [2.05, 4.69) is 0 Å². The van der Waals surface area contributed by atoms with Crippen molar-refractivity contribution in [1.82, 2.24) is 0 Å². The zero-order valence-corrected chi connectivity index (χ0v) is 32.0. The highest BCUT2D eigenvalue weighted by Crippen LogP contribution is 2.50. The van der Waals surface area contributed by atoms with Crippen molar-refractivity contribution in [3.63, 3.8) is 0 Å². The summed E-state index contributed by atoms with van der Waals surface area (Å²) in [5.41, 5.74) is 0.463. The average molecular weight is 861 g/mol. The fourth-order valence-electron chi connectivity index (χ4n) is 8.28. The van der Waals surface area contributed by atoms with Gasteiger partial charge in [-0.25, -0.2) is 14.4 Å². The van der Waals surface area contributed by atoms with Gasteiger partial charge in [0.2, 0.25) is 18.9 Å². The van der Waals surface area contributed by atoms with Gasteiger partial charge in [0.1, 0.15) is 62.0 Å². The average Bonchev–Trinajstić information content (AvgIpc) is 3.86. The predicted molar refractivity (Wildman–Crippen MR) is 187 cm³/mol. The van der Waals surface area contributed by atoms with Gasteiger partial charge in [0.05, 0.1) is 54.8 Å². The molecule has 5 heterocycles. The van der Waals surface area contributed by atoms with Gasteiger partial charge in [-0.1, -0.05) is 6.08 Å². The minimum atomic E-state index is -1.97. The van der Waals surface area contributed by atoms with E-state index >= 15 is 0 Å². The minimum Gasteiger partial charge on any atom is -0.471 e. The van der Waals surface area contributed by atoms with Gasteiger partial charge in [0.25, 0.3) is 0 Å². The summed E-state index contributed by atoms with van der Waals surface area (Å²) < 4.78 is 56.5. The third-order valence-electron chi connectivity index (χ3n) is 11.2. The maximum absolute atomic E-state index is 14.1. The van der Waals surface area contributed by atoms with Crippen LogP contribution in [0.25, 0.3) is 0 Å². The van der Waals surface area contributed by atoms with Gasteiger partial charge in [-0.15, -0.1) is 0 Å². The first-order valence-corrected chi connectivity index (χ1v) is 19.7. The Kier molecular flexibility index (Phi) is 13.0. The number of thioether (sulfide) groups is 1. The summed E-state index contributed by atoms with van der Waals surface area (Å²) >= 11 is 0.756. The van der Waals surface area contributed by atoms with Gasteiger partial charge in [0.15, 0.2) is 12.4 Å². The highest BCUT2D eigenvalue weighted by Gasteiger charge is 2.58. The van der Waals surface area contributed by atoms with E-state index in [1.807, 2.05) is 0 Å². The maximum atomic E-state index is 14.1. The van der Waals surface area contributed by atoms with Crippen molar-refractivity contribution in [2.24, 2.45) is 23.7 Å². The number of carbonyl (C=O) groups is 4. The first-order chi connectivity index (χ1) is 28.2. The van der Waals surface area contributed by atoms with Crippen LogP contribution in [-0.2, 0) is 61.8 Å². The number of ether oxygens (including phenoxy) is 10. The summed E-state index contributed by atoms with van der Waals surface area (Å²) in [5, 5.41) is 83.7. The number of esters is 3. The zero-order chi connectivity index (χ0) is 42.4. The van der Waals surface area contributed by atoms with Crippen LogP contribution in [0.4, 0.5) is 4.79 Å². The van der Waals surface area contributed by atoms with Crippen molar-refractivity contribution in [2.75, 3.05) is 32.7 Å². The standard InChI is InChI=1S/C36H44O22S/c1-11(39)49-7-13-4-17-23-15(30(46)53-17)10-51-33(21(13)23)58-35-29(27(44)25(42)19(6-38)55-35)56-31(47)14-9-50-32(57-34-28(45)26(43)24(41)18(5-37)54-34)20-12(3-16(40)22(14)20)8-52-36(48)59-2/h3-4,9-10,16-29,32-35,37-38,40-45H,5-8H2,1-2H3/t16-,17-,18+,19+,20+,21+,22-,23-,24+,25+,26-,27-,28+,29+,32-,33-,34-,35-/m0/s1. The second kappa shape index (κ2) is 17.7. The van der Waals surface area contributed by atoms with Crippen LogP contribution in [0.3, 0.4) is 0 Å². The van der Waals surface area contributed by atoms with Crippen molar-refractivity contribution >= 4 is 35.0 Å². The van der Waals surface area contributed by atoms with Gasteiger partial charge in [-0.2, -0.15) is 0 Å². The SMILES string of the molecule is CSC(=O)OCC1=C[C@H](O)[C@@H]2C(C(=O)O[C@H]3[C@H](O[C@@H]4OC=C5C(=O)O[C@H]6C=C(COC(C)=O)[C@@H]4[C@@H]56)O[C@H](CO)[C@@H](O)[C@@H]3O)=CO[C@@H](O[C@@H]3O[C@H](CO)[C@@H](O)[C@H](O)[C@H]3O)[C@H]12. The van der Waals surface area contributed by atoms with E-state index in [0.717, 1.165) is 24.3 Å². The zero-order valence-electron chi connectivity index (χ0n) is 31.2. The number of rotatable bonds is 12. The van der Waals surface area contributed by atoms with Crippen LogP contribution in [0.2, 0.25) is 0 Å². The van der Waals surface area contributed by atoms with Crippen LogP contribution in [-0.4, -0.2) is 183 Å². The van der Waals surface area contributed by atoms with Gasteiger partial charge in [0, 0.05) is 18.8 Å². The molecule has 7 rings (SSSR count). The molecule has 0 aromatic heterocycles. The molecule has 0 aromatic carbocycles. The molecule has 5 aliphatic heterocycles. The molecule has 0 amide bonds. The van der Waals surface area contributed by atoms with Crippen LogP contribution >= 0.6 is 11.8 Å². The number of carbonyl (C=O) groups excluding carboxylic acids is 4. The molecule has 326 valence electrons. The molecule has 0 radical (unpaired) electrons. The van der Waals surface area contributed by atoms with E-state index in [4.69, 9.17) is 47.4 Å². The molecule has 0 spiro atoms. The number of hydrogen-bond acceptors (Lipinski definition) is 23. The van der Waals surface area contributed by atoms with Gasteiger partial charge in [-0.3, -0.25) is 4.79 Å². The molecule has 0 unspecified atom stereocenters. The molecule has 18 atom stereocenters.